The van der Waals surface area contributed by atoms with Gasteiger partial charge in [-0.05, 0) is 155 Å². The van der Waals surface area contributed by atoms with Gasteiger partial charge in [0.1, 0.15) is 6.10 Å². The van der Waals surface area contributed by atoms with E-state index < -0.39 is 34.5 Å². The maximum absolute atomic E-state index is 14.5. The van der Waals surface area contributed by atoms with Crippen molar-refractivity contribution < 1.29 is 33.8 Å². The molecule has 0 aromatic rings. The van der Waals surface area contributed by atoms with Crippen LogP contribution in [0.5, 0.6) is 0 Å². The Bertz CT molecular complexity index is 1560. The molecular formula is C44H68N2O7. The zero-order chi connectivity index (χ0) is 38.9. The quantitative estimate of drug-likeness (QED) is 0.126. The molecule has 296 valence electrons. The van der Waals surface area contributed by atoms with E-state index in [4.69, 9.17) is 4.74 Å². The van der Waals surface area contributed by atoms with E-state index in [1.807, 2.05) is 0 Å². The van der Waals surface area contributed by atoms with Gasteiger partial charge in [-0.1, -0.05) is 48.5 Å². The van der Waals surface area contributed by atoms with Crippen molar-refractivity contribution >= 4 is 29.4 Å². The van der Waals surface area contributed by atoms with Crippen molar-refractivity contribution in [3.05, 3.63) is 11.1 Å². The van der Waals surface area contributed by atoms with E-state index >= 15 is 0 Å². The standard InChI is InChI=1S/C44H68N2O7/c1-27(2)34-29(47)25-44(36(49)37(50)45-21-12-24-46-22-10-11-23-46)20-19-42(8)28(35(34)44)13-14-31-41(7)17-16-32(53-33(48)26-39(3,4)38(51)52)40(5,6)30(41)15-18-43(31,42)9/h27-28,30-32H,10-26H2,1-9H3,(H,45,50)(H,51,52)/t28-,30+,31-,32+,41+,42-,43-,44-/m1/s1. The number of nitrogens with one attached hydrogen (secondary N) is 1. The molecule has 1 aliphatic heterocycles. The molecule has 0 bridgehead atoms. The van der Waals surface area contributed by atoms with Crippen molar-refractivity contribution in [1.82, 2.24) is 10.2 Å². The van der Waals surface area contributed by atoms with Gasteiger partial charge in [0, 0.05) is 18.4 Å². The van der Waals surface area contributed by atoms with Crippen LogP contribution in [0.4, 0.5) is 0 Å². The number of carbonyl (C=O) groups excluding carboxylic acids is 4. The topological polar surface area (TPSA) is 130 Å². The molecule has 0 aromatic carbocycles. The normalized spacial score (nSPS) is 38.1. The first-order valence-electron chi connectivity index (χ1n) is 20.9. The number of carboxylic acids is 1. The molecule has 53 heavy (non-hydrogen) atoms. The summed E-state index contributed by atoms with van der Waals surface area (Å²) in [6.07, 6.45) is 9.87. The second-order valence-corrected chi connectivity index (χ2v) is 20.5. The Morgan fingerprint density at radius 3 is 2.23 bits per heavy atom. The van der Waals surface area contributed by atoms with E-state index in [1.54, 1.807) is 13.8 Å². The fourth-order valence-corrected chi connectivity index (χ4v) is 13.5. The zero-order valence-electron chi connectivity index (χ0n) is 34.3. The summed E-state index contributed by atoms with van der Waals surface area (Å²) in [6, 6.07) is 0. The van der Waals surface area contributed by atoms with Crippen LogP contribution in [0.2, 0.25) is 0 Å². The number of carboxylic acid groups (broad SMARTS) is 1. The smallest absolute Gasteiger partial charge is 0.309 e. The fourth-order valence-electron chi connectivity index (χ4n) is 13.5. The number of rotatable bonds is 11. The molecule has 5 aliphatic carbocycles. The highest BCUT2D eigenvalue weighted by Gasteiger charge is 2.71. The summed E-state index contributed by atoms with van der Waals surface area (Å²) in [4.78, 5) is 69.4. The lowest BCUT2D eigenvalue weighted by Crippen LogP contribution is -2.66. The lowest BCUT2D eigenvalue weighted by Gasteiger charge is -2.72. The number of fused-ring (bicyclic) bond motifs is 7. The SMILES string of the molecule is CC(C)C1=C2[C@H]3CC[C@@H]4[C@@]5(C)CC[C@H](OC(=O)CC(C)(C)C(=O)O)C(C)(C)[C@@H]5CC[C@@]4(C)[C@]3(C)CC[C@@]2(C(=O)C(=O)NCCCN2CCCC2)CC1=O. The summed E-state index contributed by atoms with van der Waals surface area (Å²) in [5.74, 6) is -1.53. The van der Waals surface area contributed by atoms with Crippen LogP contribution in [0.25, 0.3) is 0 Å². The first kappa shape index (κ1) is 40.1. The molecule has 2 N–H and O–H groups in total. The van der Waals surface area contributed by atoms with Crippen LogP contribution in [-0.4, -0.2) is 71.7 Å². The van der Waals surface area contributed by atoms with Crippen LogP contribution in [-0.2, 0) is 28.7 Å². The van der Waals surface area contributed by atoms with Crippen LogP contribution >= 0.6 is 0 Å². The summed E-state index contributed by atoms with van der Waals surface area (Å²) in [5, 5.41) is 12.6. The Morgan fingerprint density at radius 2 is 1.58 bits per heavy atom. The Balaban J connectivity index is 1.24. The molecule has 5 fully saturated rings. The van der Waals surface area contributed by atoms with Crippen molar-refractivity contribution in [3.63, 3.8) is 0 Å². The zero-order valence-corrected chi connectivity index (χ0v) is 34.3. The monoisotopic (exact) mass is 737 g/mol. The van der Waals surface area contributed by atoms with E-state index in [0.717, 1.165) is 82.1 Å². The highest BCUT2D eigenvalue weighted by molar-refractivity contribution is 6.40. The van der Waals surface area contributed by atoms with Crippen LogP contribution in [0.15, 0.2) is 11.1 Å². The number of ketones is 2. The van der Waals surface area contributed by atoms with Gasteiger partial charge in [-0.3, -0.25) is 24.0 Å². The fraction of sp³-hybridized carbons (Fsp3) is 0.841. The van der Waals surface area contributed by atoms with Crippen molar-refractivity contribution in [2.45, 2.75) is 152 Å². The number of allylic oxidation sites excluding steroid dienone is 2. The number of esters is 1. The van der Waals surface area contributed by atoms with Gasteiger partial charge in [0.2, 0.25) is 5.78 Å². The molecule has 1 heterocycles. The molecule has 6 aliphatic rings. The van der Waals surface area contributed by atoms with Gasteiger partial charge in [0.15, 0.2) is 5.78 Å². The number of aliphatic carboxylic acids is 1. The molecule has 9 heteroatoms. The molecule has 6 rings (SSSR count). The third-order valence-electron chi connectivity index (χ3n) is 16.6. The van der Waals surface area contributed by atoms with Gasteiger partial charge >= 0.3 is 11.9 Å². The summed E-state index contributed by atoms with van der Waals surface area (Å²) in [5.41, 5.74) is -0.856. The average Bonchev–Trinajstić information content (AvgIpc) is 3.70. The minimum atomic E-state index is -1.18. The Kier molecular flexibility index (Phi) is 10.5. The summed E-state index contributed by atoms with van der Waals surface area (Å²) in [7, 11) is 0. The van der Waals surface area contributed by atoms with E-state index in [-0.39, 0.29) is 58.2 Å². The number of Topliss-reactive ketones (excluding diaryl/α,β-unsaturated/α-hetero) is 2. The molecule has 8 atom stereocenters. The first-order valence-corrected chi connectivity index (χ1v) is 20.9. The largest absolute Gasteiger partial charge is 0.481 e. The van der Waals surface area contributed by atoms with Gasteiger partial charge in [-0.2, -0.15) is 0 Å². The molecule has 4 saturated carbocycles. The van der Waals surface area contributed by atoms with Gasteiger partial charge in [0.05, 0.1) is 17.3 Å². The predicted molar refractivity (Wildman–Crippen MR) is 204 cm³/mol. The lowest BCUT2D eigenvalue weighted by molar-refractivity contribution is -0.233. The molecule has 0 unspecified atom stereocenters. The van der Waals surface area contributed by atoms with Gasteiger partial charge in [-0.25, -0.2) is 0 Å². The molecule has 0 radical (unpaired) electrons. The molecular weight excluding hydrogens is 668 g/mol. The summed E-state index contributed by atoms with van der Waals surface area (Å²) in [6.45, 7) is 22.8. The minimum absolute atomic E-state index is 0.00773. The highest BCUT2D eigenvalue weighted by atomic mass is 16.5. The van der Waals surface area contributed by atoms with Crippen molar-refractivity contribution in [1.29, 1.82) is 0 Å². The van der Waals surface area contributed by atoms with Crippen molar-refractivity contribution in [3.8, 4) is 0 Å². The Labute approximate surface area is 318 Å². The summed E-state index contributed by atoms with van der Waals surface area (Å²) >= 11 is 0. The lowest BCUT2D eigenvalue weighted by atomic mass is 9.33. The van der Waals surface area contributed by atoms with Crippen LogP contribution in [0.1, 0.15) is 146 Å². The average molecular weight is 737 g/mol. The number of nitrogens with zero attached hydrogens (tertiary/aromatic N) is 1. The predicted octanol–water partition coefficient (Wildman–Crippen LogP) is 7.55. The van der Waals surface area contributed by atoms with E-state index in [9.17, 15) is 29.1 Å². The third-order valence-corrected chi connectivity index (χ3v) is 16.6. The molecule has 0 spiro atoms. The third kappa shape index (κ3) is 6.35. The van der Waals surface area contributed by atoms with Gasteiger partial charge in [0.25, 0.3) is 5.91 Å². The van der Waals surface area contributed by atoms with Crippen molar-refractivity contribution in [2.75, 3.05) is 26.2 Å². The van der Waals surface area contributed by atoms with Crippen LogP contribution in [0.3, 0.4) is 0 Å². The van der Waals surface area contributed by atoms with E-state index in [1.165, 1.54) is 12.8 Å². The second kappa shape index (κ2) is 13.9. The summed E-state index contributed by atoms with van der Waals surface area (Å²) < 4.78 is 6.14. The number of hydrogen-bond donors (Lipinski definition) is 2. The molecule has 9 nitrogen and oxygen atoms in total. The Morgan fingerprint density at radius 1 is 0.906 bits per heavy atom. The number of ether oxygens (including phenoxy) is 1. The van der Waals surface area contributed by atoms with E-state index in [0.29, 0.717) is 24.8 Å². The Hall–Kier alpha value is -2.55. The minimum Gasteiger partial charge on any atom is -0.481 e. The van der Waals surface area contributed by atoms with Crippen LogP contribution < -0.4 is 5.32 Å². The second-order valence-electron chi connectivity index (χ2n) is 20.5. The maximum atomic E-state index is 14.5. The van der Waals surface area contributed by atoms with Crippen LogP contribution in [0, 0.1) is 56.2 Å². The number of likely N-dealkylation sites (tertiary alicyclic amines) is 1. The van der Waals surface area contributed by atoms with Gasteiger partial charge < -0.3 is 20.1 Å². The highest BCUT2D eigenvalue weighted by Crippen LogP contribution is 2.76. The number of amides is 1. The van der Waals surface area contributed by atoms with Gasteiger partial charge in [-0.15, -0.1) is 0 Å². The molecule has 1 amide bonds. The van der Waals surface area contributed by atoms with Crippen molar-refractivity contribution in [2.24, 2.45) is 56.2 Å². The molecule has 1 saturated heterocycles. The number of carbonyl (C=O) groups is 5. The maximum Gasteiger partial charge on any atom is 0.309 e. The number of hydrogen-bond acceptors (Lipinski definition) is 7. The van der Waals surface area contributed by atoms with E-state index in [2.05, 4.69) is 58.7 Å². The first-order chi connectivity index (χ1) is 24.7. The molecule has 0 aromatic heterocycles.